The highest BCUT2D eigenvalue weighted by Crippen LogP contribution is 2.30. The summed E-state index contributed by atoms with van der Waals surface area (Å²) in [4.78, 5) is 12.0. The Labute approximate surface area is 164 Å². The highest BCUT2D eigenvalue weighted by molar-refractivity contribution is 5.88. The number of carbonyl (C=O) groups is 1. The lowest BCUT2D eigenvalue weighted by Crippen LogP contribution is -2.05. The van der Waals surface area contributed by atoms with E-state index in [4.69, 9.17) is 9.47 Å². The number of rotatable bonds is 8. The molecule has 0 radical (unpaired) electrons. The van der Waals surface area contributed by atoms with E-state index in [1.54, 1.807) is 31.2 Å². The van der Waals surface area contributed by atoms with Gasteiger partial charge in [-0.05, 0) is 65.4 Å². The van der Waals surface area contributed by atoms with Crippen LogP contribution in [0.3, 0.4) is 0 Å². The van der Waals surface area contributed by atoms with Gasteiger partial charge >= 0.3 is 12.6 Å². The molecule has 0 saturated carbocycles. The molecule has 0 N–H and O–H groups in total. The van der Waals surface area contributed by atoms with Crippen molar-refractivity contribution in [1.29, 1.82) is 0 Å². The summed E-state index contributed by atoms with van der Waals surface area (Å²) < 4.78 is 41.3. The van der Waals surface area contributed by atoms with E-state index < -0.39 is 12.6 Å². The molecule has 0 fully saturated rings. The SMILES string of the molecule is CCOc1cc(/C=C/C(=O)Oc2ccc(-n3cnnn3)cc2)ccc1OC(F)F. The van der Waals surface area contributed by atoms with Gasteiger partial charge in [-0.2, -0.15) is 8.78 Å². The Hall–Kier alpha value is -3.82. The lowest BCUT2D eigenvalue weighted by molar-refractivity contribution is -0.128. The molecule has 3 aromatic rings. The molecule has 1 aromatic heterocycles. The first-order valence-corrected chi connectivity index (χ1v) is 8.50. The third-order valence-corrected chi connectivity index (χ3v) is 3.56. The summed E-state index contributed by atoms with van der Waals surface area (Å²) in [5.74, 6) is -0.191. The fourth-order valence-electron chi connectivity index (χ4n) is 2.35. The van der Waals surface area contributed by atoms with Crippen molar-refractivity contribution in [2.45, 2.75) is 13.5 Å². The standard InChI is InChI=1S/C19H16F2N4O4/c1-2-27-17-11-13(3-9-16(17)29-19(20)21)4-10-18(26)28-15-7-5-14(6-8-15)25-12-22-23-24-25/h3-12,19H,2H2,1H3/b10-4+. The zero-order valence-corrected chi connectivity index (χ0v) is 15.2. The molecular formula is C19H16F2N4O4. The van der Waals surface area contributed by atoms with Crippen molar-refractivity contribution >= 4 is 12.0 Å². The van der Waals surface area contributed by atoms with E-state index in [0.717, 1.165) is 0 Å². The minimum absolute atomic E-state index is 0.0794. The smallest absolute Gasteiger partial charge is 0.387 e. The van der Waals surface area contributed by atoms with Crippen LogP contribution in [0.2, 0.25) is 0 Å². The Morgan fingerprint density at radius 3 is 2.62 bits per heavy atom. The number of aromatic nitrogens is 4. The normalized spacial score (nSPS) is 11.0. The van der Waals surface area contributed by atoms with Gasteiger partial charge in [0, 0.05) is 6.08 Å². The van der Waals surface area contributed by atoms with E-state index in [1.807, 2.05) is 0 Å². The van der Waals surface area contributed by atoms with Crippen LogP contribution in [-0.4, -0.2) is 39.4 Å². The number of hydrogen-bond donors (Lipinski definition) is 0. The molecule has 0 atom stereocenters. The lowest BCUT2D eigenvalue weighted by Gasteiger charge is -2.11. The molecule has 29 heavy (non-hydrogen) atoms. The summed E-state index contributed by atoms with van der Waals surface area (Å²) >= 11 is 0. The first kappa shape index (κ1) is 19.9. The summed E-state index contributed by atoms with van der Waals surface area (Å²) in [5.41, 5.74) is 1.26. The van der Waals surface area contributed by atoms with Gasteiger partial charge in [0.15, 0.2) is 11.5 Å². The maximum Gasteiger partial charge on any atom is 0.387 e. The molecule has 0 aliphatic heterocycles. The van der Waals surface area contributed by atoms with Crippen LogP contribution in [0.25, 0.3) is 11.8 Å². The predicted molar refractivity (Wildman–Crippen MR) is 98.1 cm³/mol. The van der Waals surface area contributed by atoms with Gasteiger partial charge in [-0.1, -0.05) is 6.07 Å². The molecule has 0 amide bonds. The average Bonchev–Trinajstić information content (AvgIpc) is 3.23. The highest BCUT2D eigenvalue weighted by atomic mass is 19.3. The maximum absolute atomic E-state index is 12.4. The average molecular weight is 402 g/mol. The van der Waals surface area contributed by atoms with Gasteiger partial charge in [0.25, 0.3) is 0 Å². The Morgan fingerprint density at radius 1 is 1.17 bits per heavy atom. The Morgan fingerprint density at radius 2 is 1.97 bits per heavy atom. The van der Waals surface area contributed by atoms with Gasteiger partial charge in [0.05, 0.1) is 12.3 Å². The van der Waals surface area contributed by atoms with E-state index in [1.165, 1.54) is 41.4 Å². The molecule has 0 aliphatic carbocycles. The third-order valence-electron chi connectivity index (χ3n) is 3.56. The van der Waals surface area contributed by atoms with Crippen LogP contribution in [-0.2, 0) is 4.79 Å². The highest BCUT2D eigenvalue weighted by Gasteiger charge is 2.11. The number of esters is 1. The van der Waals surface area contributed by atoms with Crippen molar-refractivity contribution in [2.75, 3.05) is 6.61 Å². The van der Waals surface area contributed by atoms with Gasteiger partial charge in [-0.15, -0.1) is 5.10 Å². The molecule has 0 saturated heterocycles. The van der Waals surface area contributed by atoms with E-state index >= 15 is 0 Å². The Bertz CT molecular complexity index is 976. The molecule has 0 aliphatic rings. The van der Waals surface area contributed by atoms with Crippen LogP contribution >= 0.6 is 0 Å². The number of nitrogens with zero attached hydrogens (tertiary/aromatic N) is 4. The minimum Gasteiger partial charge on any atom is -0.490 e. The lowest BCUT2D eigenvalue weighted by atomic mass is 10.2. The summed E-state index contributed by atoms with van der Waals surface area (Å²) in [6.07, 6.45) is 4.14. The monoisotopic (exact) mass is 402 g/mol. The molecule has 8 nitrogen and oxygen atoms in total. The topological polar surface area (TPSA) is 88.4 Å². The number of alkyl halides is 2. The molecule has 150 valence electrons. The number of tetrazole rings is 1. The van der Waals surface area contributed by atoms with Crippen LogP contribution in [0.5, 0.6) is 17.2 Å². The first-order valence-electron chi connectivity index (χ1n) is 8.50. The second kappa shape index (κ2) is 9.40. The van der Waals surface area contributed by atoms with Crippen LogP contribution in [0.1, 0.15) is 12.5 Å². The van der Waals surface area contributed by atoms with Crippen molar-refractivity contribution in [3.63, 3.8) is 0 Å². The Kier molecular flexibility index (Phi) is 6.46. The van der Waals surface area contributed by atoms with Crippen LogP contribution in [0.15, 0.2) is 54.9 Å². The van der Waals surface area contributed by atoms with Gasteiger partial charge in [0.1, 0.15) is 12.1 Å². The second-order valence-electron chi connectivity index (χ2n) is 5.52. The van der Waals surface area contributed by atoms with Crippen molar-refractivity contribution in [2.24, 2.45) is 0 Å². The van der Waals surface area contributed by atoms with Crippen molar-refractivity contribution in [1.82, 2.24) is 20.2 Å². The van der Waals surface area contributed by atoms with E-state index in [0.29, 0.717) is 17.0 Å². The first-order chi connectivity index (χ1) is 14.0. The zero-order chi connectivity index (χ0) is 20.6. The van der Waals surface area contributed by atoms with Crippen LogP contribution < -0.4 is 14.2 Å². The molecule has 2 aromatic carbocycles. The fourth-order valence-corrected chi connectivity index (χ4v) is 2.35. The van der Waals surface area contributed by atoms with Gasteiger partial charge in [-0.25, -0.2) is 9.48 Å². The maximum atomic E-state index is 12.4. The largest absolute Gasteiger partial charge is 0.490 e. The van der Waals surface area contributed by atoms with E-state index in [2.05, 4.69) is 20.3 Å². The zero-order valence-electron chi connectivity index (χ0n) is 15.2. The molecular weight excluding hydrogens is 386 g/mol. The number of carbonyl (C=O) groups excluding carboxylic acids is 1. The predicted octanol–water partition coefficient (Wildman–Crippen LogP) is 3.28. The van der Waals surface area contributed by atoms with Crippen LogP contribution in [0, 0.1) is 0 Å². The fraction of sp³-hybridized carbons (Fsp3) is 0.158. The van der Waals surface area contributed by atoms with Crippen molar-refractivity contribution < 1.29 is 27.8 Å². The quantitative estimate of drug-likeness (QED) is 0.325. The molecule has 10 heteroatoms. The van der Waals surface area contributed by atoms with Gasteiger partial charge in [-0.3, -0.25) is 0 Å². The third kappa shape index (κ3) is 5.58. The molecule has 0 spiro atoms. The molecule has 3 rings (SSSR count). The minimum atomic E-state index is -2.96. The number of halogens is 2. The van der Waals surface area contributed by atoms with E-state index in [9.17, 15) is 13.6 Å². The number of ether oxygens (including phenoxy) is 3. The second-order valence-corrected chi connectivity index (χ2v) is 5.52. The van der Waals surface area contributed by atoms with E-state index in [-0.39, 0.29) is 18.1 Å². The van der Waals surface area contributed by atoms with Crippen molar-refractivity contribution in [3.8, 4) is 22.9 Å². The molecule has 0 unspecified atom stereocenters. The summed E-state index contributed by atoms with van der Waals surface area (Å²) in [6, 6.07) is 11.0. The molecule has 1 heterocycles. The summed E-state index contributed by atoms with van der Waals surface area (Å²) in [5, 5.41) is 10.8. The number of benzene rings is 2. The summed E-state index contributed by atoms with van der Waals surface area (Å²) in [6.45, 7) is -0.968. The van der Waals surface area contributed by atoms with Gasteiger partial charge in [0.2, 0.25) is 0 Å². The summed E-state index contributed by atoms with van der Waals surface area (Å²) in [7, 11) is 0. The van der Waals surface area contributed by atoms with Crippen LogP contribution in [0.4, 0.5) is 8.78 Å². The number of hydrogen-bond acceptors (Lipinski definition) is 7. The van der Waals surface area contributed by atoms with Gasteiger partial charge < -0.3 is 14.2 Å². The molecule has 0 bridgehead atoms. The van der Waals surface area contributed by atoms with Crippen molar-refractivity contribution in [3.05, 3.63) is 60.4 Å². The Balaban J connectivity index is 1.64.